The van der Waals surface area contributed by atoms with Gasteiger partial charge in [-0.1, -0.05) is 12.8 Å². The summed E-state index contributed by atoms with van der Waals surface area (Å²) in [6.45, 7) is 3.50. The van der Waals surface area contributed by atoms with Crippen LogP contribution in [-0.2, 0) is 11.3 Å². The maximum Gasteiger partial charge on any atom is 0.158 e. The van der Waals surface area contributed by atoms with Crippen molar-refractivity contribution < 1.29 is 9.84 Å². The van der Waals surface area contributed by atoms with Crippen molar-refractivity contribution in [1.29, 1.82) is 0 Å². The smallest absolute Gasteiger partial charge is 0.158 e. The number of aromatic nitrogens is 2. The molecule has 2 rings (SSSR count). The molecule has 1 aliphatic carbocycles. The third-order valence-corrected chi connectivity index (χ3v) is 3.60. The van der Waals surface area contributed by atoms with Gasteiger partial charge < -0.3 is 20.5 Å². The Labute approximate surface area is 120 Å². The molecular weight excluding hydrogens is 256 g/mol. The molecule has 3 N–H and O–H groups in total. The number of hydrogen-bond acceptors (Lipinski definition) is 6. The molecule has 1 saturated carbocycles. The lowest BCUT2D eigenvalue weighted by Gasteiger charge is -2.22. The first-order valence-electron chi connectivity index (χ1n) is 7.25. The fraction of sp³-hybridized carbons (Fsp3) is 0.714. The highest BCUT2D eigenvalue weighted by atomic mass is 16.5. The highest BCUT2D eigenvalue weighted by Gasteiger charge is 2.30. The van der Waals surface area contributed by atoms with Crippen LogP contribution in [0.5, 0.6) is 0 Å². The highest BCUT2D eigenvalue weighted by Crippen LogP contribution is 2.29. The lowest BCUT2D eigenvalue weighted by Crippen LogP contribution is -2.33. The number of nitrogens with zero attached hydrogens (tertiary/aromatic N) is 2. The molecule has 1 aliphatic rings. The summed E-state index contributed by atoms with van der Waals surface area (Å²) in [5.74, 6) is 2.11. The number of ether oxygens (including phenoxy) is 1. The minimum absolute atomic E-state index is 0.394. The monoisotopic (exact) mass is 280 g/mol. The molecule has 1 fully saturated rings. The van der Waals surface area contributed by atoms with Gasteiger partial charge in [-0.3, -0.25) is 0 Å². The molecule has 0 radical (unpaired) electrons. The summed E-state index contributed by atoms with van der Waals surface area (Å²) in [7, 11) is 1.82. The van der Waals surface area contributed by atoms with E-state index in [0.29, 0.717) is 25.6 Å². The standard InChI is InChI=1S/C14H24N4O2/c1-3-20-9-13-17-11(15-2)8-12(18-13)16-10-14(19)6-4-5-7-14/h8,19H,3-7,9-10H2,1-2H3,(H2,15,16,17,18). The summed E-state index contributed by atoms with van der Waals surface area (Å²) in [4.78, 5) is 8.75. The zero-order valence-electron chi connectivity index (χ0n) is 12.3. The van der Waals surface area contributed by atoms with E-state index >= 15 is 0 Å². The van der Waals surface area contributed by atoms with Crippen LogP contribution < -0.4 is 10.6 Å². The SMILES string of the molecule is CCOCc1nc(NC)cc(NCC2(O)CCCC2)n1. The first-order chi connectivity index (χ1) is 9.65. The van der Waals surface area contributed by atoms with Gasteiger partial charge in [0.2, 0.25) is 0 Å². The van der Waals surface area contributed by atoms with Gasteiger partial charge in [0.15, 0.2) is 5.82 Å². The number of hydrogen-bond donors (Lipinski definition) is 3. The molecule has 0 aliphatic heterocycles. The molecule has 0 atom stereocenters. The van der Waals surface area contributed by atoms with Crippen LogP contribution in [0.4, 0.5) is 11.6 Å². The summed E-state index contributed by atoms with van der Waals surface area (Å²) >= 11 is 0. The van der Waals surface area contributed by atoms with Crippen molar-refractivity contribution in [3.63, 3.8) is 0 Å². The first kappa shape index (κ1) is 15.0. The molecule has 6 heteroatoms. The van der Waals surface area contributed by atoms with Gasteiger partial charge in [0.25, 0.3) is 0 Å². The maximum absolute atomic E-state index is 10.3. The zero-order valence-corrected chi connectivity index (χ0v) is 12.3. The molecule has 20 heavy (non-hydrogen) atoms. The van der Waals surface area contributed by atoms with Gasteiger partial charge in [-0.2, -0.15) is 0 Å². The van der Waals surface area contributed by atoms with Crippen molar-refractivity contribution in [3.8, 4) is 0 Å². The van der Waals surface area contributed by atoms with Crippen LogP contribution in [0.3, 0.4) is 0 Å². The topological polar surface area (TPSA) is 79.3 Å². The molecular formula is C14H24N4O2. The average molecular weight is 280 g/mol. The van der Waals surface area contributed by atoms with E-state index in [1.165, 1.54) is 0 Å². The fourth-order valence-corrected chi connectivity index (χ4v) is 2.44. The Morgan fingerprint density at radius 1 is 1.30 bits per heavy atom. The van der Waals surface area contributed by atoms with E-state index in [1.54, 1.807) is 0 Å². The highest BCUT2D eigenvalue weighted by molar-refractivity contribution is 5.47. The van der Waals surface area contributed by atoms with E-state index in [1.807, 2.05) is 20.0 Å². The average Bonchev–Trinajstić information content (AvgIpc) is 2.90. The summed E-state index contributed by atoms with van der Waals surface area (Å²) in [5, 5.41) is 16.6. The minimum Gasteiger partial charge on any atom is -0.388 e. The van der Waals surface area contributed by atoms with Crippen LogP contribution in [0.2, 0.25) is 0 Å². The maximum atomic E-state index is 10.3. The van der Waals surface area contributed by atoms with Crippen molar-refractivity contribution in [1.82, 2.24) is 9.97 Å². The lowest BCUT2D eigenvalue weighted by atomic mass is 10.0. The zero-order chi connectivity index (χ0) is 14.4. The van der Waals surface area contributed by atoms with Crippen LogP contribution in [0, 0.1) is 0 Å². The molecule has 0 unspecified atom stereocenters. The molecule has 0 aromatic carbocycles. The van der Waals surface area contributed by atoms with E-state index in [2.05, 4.69) is 20.6 Å². The Morgan fingerprint density at radius 2 is 2.00 bits per heavy atom. The predicted octanol–water partition coefficient (Wildman–Crippen LogP) is 1.77. The number of anilines is 2. The quantitative estimate of drug-likeness (QED) is 0.706. The van der Waals surface area contributed by atoms with E-state index in [9.17, 15) is 5.11 Å². The second-order valence-corrected chi connectivity index (χ2v) is 5.23. The molecule has 1 heterocycles. The number of aliphatic hydroxyl groups is 1. The van der Waals surface area contributed by atoms with Crippen molar-refractivity contribution in [2.75, 3.05) is 30.8 Å². The predicted molar refractivity (Wildman–Crippen MR) is 78.8 cm³/mol. The third kappa shape index (κ3) is 4.05. The Balaban J connectivity index is 2.01. The Bertz CT molecular complexity index is 433. The van der Waals surface area contributed by atoms with Crippen molar-refractivity contribution >= 4 is 11.6 Å². The van der Waals surface area contributed by atoms with Crippen LogP contribution in [0.15, 0.2) is 6.07 Å². The van der Waals surface area contributed by atoms with Gasteiger partial charge in [-0.15, -0.1) is 0 Å². The van der Waals surface area contributed by atoms with E-state index < -0.39 is 5.60 Å². The number of nitrogens with one attached hydrogen (secondary N) is 2. The third-order valence-electron chi connectivity index (χ3n) is 3.60. The van der Waals surface area contributed by atoms with Crippen molar-refractivity contribution in [3.05, 3.63) is 11.9 Å². The van der Waals surface area contributed by atoms with Crippen LogP contribution in [-0.4, -0.2) is 40.9 Å². The summed E-state index contributed by atoms with van der Waals surface area (Å²) < 4.78 is 5.34. The van der Waals surface area contributed by atoms with Gasteiger partial charge in [0.1, 0.15) is 18.2 Å². The largest absolute Gasteiger partial charge is 0.388 e. The van der Waals surface area contributed by atoms with E-state index in [0.717, 1.165) is 37.3 Å². The fourth-order valence-electron chi connectivity index (χ4n) is 2.44. The second kappa shape index (κ2) is 6.85. The Morgan fingerprint density at radius 3 is 2.65 bits per heavy atom. The van der Waals surface area contributed by atoms with Crippen LogP contribution in [0.1, 0.15) is 38.4 Å². The van der Waals surface area contributed by atoms with Crippen molar-refractivity contribution in [2.45, 2.75) is 44.8 Å². The molecule has 0 saturated heterocycles. The van der Waals surface area contributed by atoms with Gasteiger partial charge in [0.05, 0.1) is 5.60 Å². The lowest BCUT2D eigenvalue weighted by molar-refractivity contribution is 0.0613. The van der Waals surface area contributed by atoms with Gasteiger partial charge in [-0.05, 0) is 19.8 Å². The second-order valence-electron chi connectivity index (χ2n) is 5.23. The van der Waals surface area contributed by atoms with Gasteiger partial charge in [0, 0.05) is 26.3 Å². The molecule has 112 valence electrons. The van der Waals surface area contributed by atoms with Crippen molar-refractivity contribution in [2.24, 2.45) is 0 Å². The minimum atomic E-state index is -0.592. The normalized spacial score (nSPS) is 17.1. The van der Waals surface area contributed by atoms with Crippen LogP contribution >= 0.6 is 0 Å². The summed E-state index contributed by atoms with van der Waals surface area (Å²) in [5.41, 5.74) is -0.592. The molecule has 6 nitrogen and oxygen atoms in total. The summed E-state index contributed by atoms with van der Waals surface area (Å²) in [6.07, 6.45) is 3.91. The number of rotatable bonds is 7. The summed E-state index contributed by atoms with van der Waals surface area (Å²) in [6, 6.07) is 1.84. The van der Waals surface area contributed by atoms with Gasteiger partial charge >= 0.3 is 0 Å². The molecule has 1 aromatic rings. The van der Waals surface area contributed by atoms with Gasteiger partial charge in [-0.25, -0.2) is 9.97 Å². The Kier molecular flexibility index (Phi) is 5.14. The molecule has 0 spiro atoms. The first-order valence-corrected chi connectivity index (χ1v) is 7.25. The molecule has 1 aromatic heterocycles. The van der Waals surface area contributed by atoms with E-state index in [-0.39, 0.29) is 0 Å². The van der Waals surface area contributed by atoms with E-state index in [4.69, 9.17) is 4.74 Å². The molecule has 0 bridgehead atoms. The molecule has 0 amide bonds. The Hall–Kier alpha value is -1.40. The van der Waals surface area contributed by atoms with Crippen LogP contribution in [0.25, 0.3) is 0 Å².